The van der Waals surface area contributed by atoms with Crippen LogP contribution in [0.2, 0.25) is 0 Å². The first kappa shape index (κ1) is 27.4. The molecule has 3 atom stereocenters. The Hall–Kier alpha value is -4.12. The molecule has 1 aliphatic heterocycles. The van der Waals surface area contributed by atoms with Crippen LogP contribution in [0.1, 0.15) is 47.1 Å². The summed E-state index contributed by atoms with van der Waals surface area (Å²) in [6, 6.07) is 9.13. The van der Waals surface area contributed by atoms with Crippen LogP contribution in [0.4, 0.5) is 4.79 Å². The van der Waals surface area contributed by atoms with Crippen LogP contribution in [0.5, 0.6) is 0 Å². The first-order chi connectivity index (χ1) is 19.0. The molecular formula is C29H36N6O5. The summed E-state index contributed by atoms with van der Waals surface area (Å²) in [6.07, 6.45) is 2.94. The molecule has 4 N–H and O–H groups in total. The third-order valence-electron chi connectivity index (χ3n) is 7.51. The molecule has 3 amide bonds. The minimum Gasteiger partial charge on any atom is -0.444 e. The van der Waals surface area contributed by atoms with Gasteiger partial charge in [-0.15, -0.1) is 0 Å². The Kier molecular flexibility index (Phi) is 7.41. The van der Waals surface area contributed by atoms with Gasteiger partial charge in [-0.1, -0.05) is 12.1 Å². The molecule has 0 radical (unpaired) electrons. The third-order valence-corrected chi connectivity index (χ3v) is 7.51. The summed E-state index contributed by atoms with van der Waals surface area (Å²) in [7, 11) is 1.46. The Balaban J connectivity index is 1.22. The number of nitrogens with zero attached hydrogens (tertiary/aromatic N) is 2. The molecule has 1 aromatic carbocycles. The second-order valence-corrected chi connectivity index (χ2v) is 11.5. The number of aromatic nitrogens is 2. The smallest absolute Gasteiger partial charge is 0.407 e. The SMILES string of the molecule is CNC(=O)c1cc(C(=O)NC2[C@H]3CN(CCNC(=O)OC(C)(C)C)C[C@@H]23)cn(Cc2cccc3[nH]ccc23)c1=O. The van der Waals surface area contributed by atoms with Crippen LogP contribution >= 0.6 is 0 Å². The average molecular weight is 549 g/mol. The molecule has 1 unspecified atom stereocenters. The van der Waals surface area contributed by atoms with E-state index in [1.807, 2.05) is 51.2 Å². The molecular weight excluding hydrogens is 512 g/mol. The second-order valence-electron chi connectivity index (χ2n) is 11.5. The zero-order valence-corrected chi connectivity index (χ0v) is 23.2. The minimum absolute atomic E-state index is 0.0417. The molecule has 0 spiro atoms. The number of fused-ring (bicyclic) bond motifs is 2. The summed E-state index contributed by atoms with van der Waals surface area (Å²) >= 11 is 0. The highest BCUT2D eigenvalue weighted by atomic mass is 16.6. The molecule has 40 heavy (non-hydrogen) atoms. The zero-order valence-electron chi connectivity index (χ0n) is 23.2. The van der Waals surface area contributed by atoms with E-state index in [0.717, 1.165) is 29.6 Å². The van der Waals surface area contributed by atoms with Crippen molar-refractivity contribution in [2.75, 3.05) is 33.2 Å². The fourth-order valence-corrected chi connectivity index (χ4v) is 5.52. The maximum absolute atomic E-state index is 13.3. The van der Waals surface area contributed by atoms with Gasteiger partial charge in [0.25, 0.3) is 17.4 Å². The van der Waals surface area contributed by atoms with Crippen molar-refractivity contribution in [1.29, 1.82) is 0 Å². The Labute approximate surface area is 232 Å². The summed E-state index contributed by atoms with van der Waals surface area (Å²) < 4.78 is 6.69. The van der Waals surface area contributed by atoms with Gasteiger partial charge in [-0.25, -0.2) is 4.79 Å². The number of carbonyl (C=O) groups excluding carboxylic acids is 3. The van der Waals surface area contributed by atoms with E-state index in [0.29, 0.717) is 24.9 Å². The minimum atomic E-state index is -0.535. The van der Waals surface area contributed by atoms with Gasteiger partial charge >= 0.3 is 6.09 Å². The predicted octanol–water partition coefficient (Wildman–Crippen LogP) is 1.92. The van der Waals surface area contributed by atoms with Gasteiger partial charge in [0.1, 0.15) is 11.2 Å². The fraction of sp³-hybridized carbons (Fsp3) is 0.448. The summed E-state index contributed by atoms with van der Waals surface area (Å²) in [5.41, 5.74) is 1.05. The quantitative estimate of drug-likeness (QED) is 0.340. The molecule has 2 aromatic heterocycles. The number of hydrogen-bond donors (Lipinski definition) is 4. The fourth-order valence-electron chi connectivity index (χ4n) is 5.52. The van der Waals surface area contributed by atoms with Crippen LogP contribution in [-0.2, 0) is 11.3 Å². The van der Waals surface area contributed by atoms with Crippen molar-refractivity contribution in [2.45, 2.75) is 39.0 Å². The summed E-state index contributed by atoms with van der Waals surface area (Å²) in [5, 5.41) is 9.36. The Bertz CT molecular complexity index is 1490. The number of hydrogen-bond acceptors (Lipinski definition) is 6. The Morgan fingerprint density at radius 3 is 2.55 bits per heavy atom. The van der Waals surface area contributed by atoms with Crippen molar-refractivity contribution < 1.29 is 19.1 Å². The van der Waals surface area contributed by atoms with Gasteiger partial charge in [0.05, 0.1) is 12.1 Å². The van der Waals surface area contributed by atoms with E-state index in [1.54, 1.807) is 0 Å². The molecule has 0 bridgehead atoms. The van der Waals surface area contributed by atoms with Crippen LogP contribution in [0.15, 0.2) is 47.5 Å². The molecule has 11 nitrogen and oxygen atoms in total. The van der Waals surface area contributed by atoms with Crippen molar-refractivity contribution in [3.05, 3.63) is 69.8 Å². The van der Waals surface area contributed by atoms with Crippen LogP contribution in [0.3, 0.4) is 0 Å². The number of pyridine rings is 1. The number of benzene rings is 1. The van der Waals surface area contributed by atoms with Gasteiger partial charge in [-0.3, -0.25) is 14.4 Å². The van der Waals surface area contributed by atoms with Crippen LogP contribution < -0.4 is 21.5 Å². The maximum Gasteiger partial charge on any atom is 0.407 e. The van der Waals surface area contributed by atoms with Crippen molar-refractivity contribution >= 4 is 28.8 Å². The van der Waals surface area contributed by atoms with Gasteiger partial charge < -0.3 is 35.1 Å². The lowest BCUT2D eigenvalue weighted by Crippen LogP contribution is -2.40. The van der Waals surface area contributed by atoms with E-state index >= 15 is 0 Å². The molecule has 5 rings (SSSR count). The van der Waals surface area contributed by atoms with Gasteiger partial charge in [-0.05, 0) is 56.4 Å². The highest BCUT2D eigenvalue weighted by Crippen LogP contribution is 2.45. The number of likely N-dealkylation sites (tertiary alicyclic amines) is 1. The van der Waals surface area contributed by atoms with Crippen molar-refractivity contribution in [3.63, 3.8) is 0 Å². The lowest BCUT2D eigenvalue weighted by Gasteiger charge is -2.22. The molecule has 212 valence electrons. The monoisotopic (exact) mass is 548 g/mol. The number of amides is 3. The number of aromatic amines is 1. The Morgan fingerprint density at radius 2 is 1.85 bits per heavy atom. The van der Waals surface area contributed by atoms with E-state index in [1.165, 1.54) is 23.9 Å². The Morgan fingerprint density at radius 1 is 1.10 bits per heavy atom. The molecule has 11 heteroatoms. The summed E-state index contributed by atoms with van der Waals surface area (Å²) in [5.74, 6) is -0.176. The lowest BCUT2D eigenvalue weighted by molar-refractivity contribution is 0.0522. The third kappa shape index (κ3) is 5.89. The largest absolute Gasteiger partial charge is 0.444 e. The van der Waals surface area contributed by atoms with Crippen LogP contribution in [-0.4, -0.2) is 77.2 Å². The van der Waals surface area contributed by atoms with Gasteiger partial charge in [-0.2, -0.15) is 0 Å². The van der Waals surface area contributed by atoms with Crippen molar-refractivity contribution in [3.8, 4) is 0 Å². The number of carbonyl (C=O) groups is 3. The molecule has 3 aromatic rings. The zero-order chi connectivity index (χ0) is 28.6. The number of ether oxygens (including phenoxy) is 1. The second kappa shape index (κ2) is 10.8. The molecule has 1 saturated heterocycles. The topological polar surface area (TPSA) is 138 Å². The molecule has 3 heterocycles. The van der Waals surface area contributed by atoms with Gasteiger partial charge in [0.15, 0.2) is 0 Å². The van der Waals surface area contributed by atoms with Crippen LogP contribution in [0, 0.1) is 11.8 Å². The highest BCUT2D eigenvalue weighted by molar-refractivity contribution is 5.99. The highest BCUT2D eigenvalue weighted by Gasteiger charge is 2.56. The molecule has 1 saturated carbocycles. The van der Waals surface area contributed by atoms with E-state index in [2.05, 4.69) is 25.8 Å². The van der Waals surface area contributed by atoms with E-state index in [-0.39, 0.29) is 29.6 Å². The van der Waals surface area contributed by atoms with Gasteiger partial charge in [0, 0.05) is 62.6 Å². The van der Waals surface area contributed by atoms with Crippen molar-refractivity contribution in [1.82, 2.24) is 30.4 Å². The predicted molar refractivity (Wildman–Crippen MR) is 150 cm³/mol. The number of alkyl carbamates (subject to hydrolysis) is 1. The maximum atomic E-state index is 13.3. The number of H-pyrrole nitrogens is 1. The molecule has 2 fully saturated rings. The van der Waals surface area contributed by atoms with Crippen LogP contribution in [0.25, 0.3) is 10.9 Å². The molecule has 1 aliphatic carbocycles. The number of rotatable bonds is 8. The lowest BCUT2D eigenvalue weighted by atomic mass is 10.1. The van der Waals surface area contributed by atoms with Crippen molar-refractivity contribution in [2.24, 2.45) is 11.8 Å². The van der Waals surface area contributed by atoms with E-state index in [4.69, 9.17) is 4.74 Å². The molecule has 2 aliphatic rings. The van der Waals surface area contributed by atoms with E-state index < -0.39 is 23.2 Å². The number of nitrogens with one attached hydrogen (secondary N) is 4. The standard InChI is InChI=1S/C29H36N6O5/c1-29(2,3)40-28(39)32-10-11-34-15-21-22(16-34)24(21)33-25(36)18-12-20(26(37)30-4)27(38)35(14-18)13-17-6-5-7-23-19(17)8-9-31-23/h5-9,12,14,21-22,24,31H,10-11,13,15-16H2,1-4H3,(H,30,37)(H,32,39)(H,33,36)/t21-,22+,24?. The van der Waals surface area contributed by atoms with Gasteiger partial charge in [0.2, 0.25) is 0 Å². The number of piperidine rings is 1. The summed E-state index contributed by atoms with van der Waals surface area (Å²) in [4.78, 5) is 56.2. The first-order valence-corrected chi connectivity index (χ1v) is 13.6. The van der Waals surface area contributed by atoms with E-state index in [9.17, 15) is 19.2 Å². The normalized spacial score (nSPS) is 20.1. The summed E-state index contributed by atoms with van der Waals surface area (Å²) in [6.45, 7) is 8.56. The first-order valence-electron chi connectivity index (χ1n) is 13.6. The average Bonchev–Trinajstić information content (AvgIpc) is 3.25.